The van der Waals surface area contributed by atoms with Crippen LogP contribution in [0.2, 0.25) is 0 Å². The molecule has 0 aliphatic rings. The molecule has 3 aromatic carbocycles. The summed E-state index contributed by atoms with van der Waals surface area (Å²) in [6.07, 6.45) is 3.49. The number of benzene rings is 3. The van der Waals surface area contributed by atoms with Crippen LogP contribution >= 0.6 is 11.8 Å². The van der Waals surface area contributed by atoms with E-state index in [1.807, 2.05) is 18.8 Å². The van der Waals surface area contributed by atoms with Crippen LogP contribution in [0.15, 0.2) is 71.6 Å². The molecular weight excluding hydrogens is 414 g/mol. The Kier molecular flexibility index (Phi) is 12.0. The lowest BCUT2D eigenvalue weighted by Crippen LogP contribution is -2.11. The highest BCUT2D eigenvalue weighted by atomic mass is 32.2. The van der Waals surface area contributed by atoms with Gasteiger partial charge in [-0.1, -0.05) is 60.7 Å². The lowest BCUT2D eigenvalue weighted by atomic mass is 10.0. The van der Waals surface area contributed by atoms with Gasteiger partial charge in [0, 0.05) is 4.90 Å². The van der Waals surface area contributed by atoms with Crippen molar-refractivity contribution < 1.29 is 25.3 Å². The van der Waals surface area contributed by atoms with Gasteiger partial charge in [-0.2, -0.15) is 0 Å². The van der Waals surface area contributed by atoms with Gasteiger partial charge in [0.05, 0.1) is 0 Å². The van der Waals surface area contributed by atoms with Crippen LogP contribution in [-0.4, -0.2) is 47.0 Å². The minimum Gasteiger partial charge on any atom is -0.473 e. The first-order valence-electron chi connectivity index (χ1n) is 9.81. The number of fused-ring (bicyclic) bond motifs is 1. The Morgan fingerprint density at radius 3 is 2.06 bits per heavy atom. The van der Waals surface area contributed by atoms with Crippen LogP contribution < -0.4 is 5.32 Å². The number of carboxylic acid groups (broad SMARTS) is 2. The van der Waals surface area contributed by atoms with E-state index >= 15 is 0 Å². The predicted octanol–water partition coefficient (Wildman–Crippen LogP) is 3.66. The molecule has 0 amide bonds. The lowest BCUT2D eigenvalue weighted by molar-refractivity contribution is -0.159. The summed E-state index contributed by atoms with van der Waals surface area (Å²) in [5.74, 6) is -2.49. The maximum absolute atomic E-state index is 9.10. The van der Waals surface area contributed by atoms with Crippen molar-refractivity contribution >= 4 is 34.5 Å². The van der Waals surface area contributed by atoms with E-state index in [-0.39, 0.29) is 5.48 Å². The van der Waals surface area contributed by atoms with Gasteiger partial charge >= 0.3 is 11.9 Å². The average Bonchev–Trinajstić information content (AvgIpc) is 2.76. The van der Waals surface area contributed by atoms with Crippen molar-refractivity contribution in [3.8, 4) is 0 Å². The molecule has 166 valence electrons. The number of carboxylic acids is 2. The van der Waals surface area contributed by atoms with E-state index in [9.17, 15) is 0 Å². The van der Waals surface area contributed by atoms with Gasteiger partial charge in [-0.3, -0.25) is 0 Å². The third-order valence-electron chi connectivity index (χ3n) is 4.54. The summed E-state index contributed by atoms with van der Waals surface area (Å²) < 4.78 is 0. The summed E-state index contributed by atoms with van der Waals surface area (Å²) in [7, 11) is 2.02. The topological polar surface area (TPSA) is 118 Å². The Balaban J connectivity index is 0.000000607. The number of aryl methyl sites for hydroxylation is 1. The van der Waals surface area contributed by atoms with Gasteiger partial charge in [-0.05, 0) is 66.6 Å². The molecule has 0 aliphatic carbocycles. The van der Waals surface area contributed by atoms with E-state index in [0.717, 1.165) is 25.1 Å². The standard InChI is InChI=1S/C22H25NS.C2H2O4.H2O/c1-23-16-15-19-9-3-2-8-18(19)12-7-17-24-22-14-6-11-20-10-4-5-13-21(20)22;3-1(4)2(5)6;/h2-6,8-11,13-14,23H,7,12,15-17H2,1H3;(H,3,4)(H,5,6);1H2. The Hall–Kier alpha value is -2.87. The van der Waals surface area contributed by atoms with E-state index < -0.39 is 11.9 Å². The number of rotatable bonds is 8. The molecule has 0 radical (unpaired) electrons. The smallest absolute Gasteiger partial charge is 0.414 e. The Bertz CT molecular complexity index is 960. The minimum atomic E-state index is -1.82. The zero-order valence-corrected chi connectivity index (χ0v) is 18.3. The third kappa shape index (κ3) is 8.80. The molecule has 0 spiro atoms. The molecule has 5 N–H and O–H groups in total. The highest BCUT2D eigenvalue weighted by Crippen LogP contribution is 2.28. The van der Waals surface area contributed by atoms with Crippen molar-refractivity contribution in [1.29, 1.82) is 0 Å². The number of thioether (sulfide) groups is 1. The zero-order chi connectivity index (χ0) is 21.8. The van der Waals surface area contributed by atoms with Crippen molar-refractivity contribution in [3.63, 3.8) is 0 Å². The summed E-state index contributed by atoms with van der Waals surface area (Å²) in [5.41, 5.74) is 2.99. The normalized spacial score (nSPS) is 9.97. The number of nitrogens with one attached hydrogen (secondary N) is 1. The number of carbonyl (C=O) groups is 2. The fourth-order valence-electron chi connectivity index (χ4n) is 3.07. The van der Waals surface area contributed by atoms with Crippen LogP contribution in [0.4, 0.5) is 0 Å². The van der Waals surface area contributed by atoms with Crippen molar-refractivity contribution in [3.05, 3.63) is 77.9 Å². The largest absolute Gasteiger partial charge is 0.473 e. The van der Waals surface area contributed by atoms with E-state index in [1.54, 1.807) is 0 Å². The quantitative estimate of drug-likeness (QED) is 0.278. The molecule has 0 atom stereocenters. The van der Waals surface area contributed by atoms with Gasteiger partial charge < -0.3 is 21.0 Å². The zero-order valence-electron chi connectivity index (χ0n) is 17.5. The molecule has 0 aromatic heterocycles. The summed E-state index contributed by atoms with van der Waals surface area (Å²) in [5, 5.41) is 20.7. The van der Waals surface area contributed by atoms with Crippen molar-refractivity contribution in [2.75, 3.05) is 19.3 Å². The maximum atomic E-state index is 9.10. The van der Waals surface area contributed by atoms with Crippen LogP contribution in [0.1, 0.15) is 17.5 Å². The van der Waals surface area contributed by atoms with Gasteiger partial charge in [0.2, 0.25) is 0 Å². The second-order valence-electron chi connectivity index (χ2n) is 6.66. The summed E-state index contributed by atoms with van der Waals surface area (Å²) >= 11 is 1.98. The molecule has 6 nitrogen and oxygen atoms in total. The first-order valence-corrected chi connectivity index (χ1v) is 10.8. The van der Waals surface area contributed by atoms with Crippen LogP contribution in [-0.2, 0) is 22.4 Å². The highest BCUT2D eigenvalue weighted by Gasteiger charge is 2.04. The maximum Gasteiger partial charge on any atom is 0.414 e. The second kappa shape index (κ2) is 14.2. The van der Waals surface area contributed by atoms with Gasteiger partial charge in [-0.25, -0.2) is 9.59 Å². The molecule has 0 saturated carbocycles. The van der Waals surface area contributed by atoms with Gasteiger partial charge in [0.1, 0.15) is 0 Å². The lowest BCUT2D eigenvalue weighted by Gasteiger charge is -2.10. The minimum absolute atomic E-state index is 0. The fourth-order valence-corrected chi connectivity index (χ4v) is 4.10. The summed E-state index contributed by atoms with van der Waals surface area (Å²) in [6.45, 7) is 1.04. The molecule has 0 saturated heterocycles. The molecule has 3 aromatic rings. The van der Waals surface area contributed by atoms with Gasteiger partial charge in [-0.15, -0.1) is 11.8 Å². The molecule has 0 aliphatic heterocycles. The Morgan fingerprint density at radius 1 is 0.839 bits per heavy atom. The predicted molar refractivity (Wildman–Crippen MR) is 126 cm³/mol. The average molecular weight is 444 g/mol. The van der Waals surface area contributed by atoms with Crippen LogP contribution in [0.25, 0.3) is 10.8 Å². The number of aliphatic carboxylic acids is 2. The van der Waals surface area contributed by atoms with Crippen molar-refractivity contribution in [1.82, 2.24) is 5.32 Å². The van der Waals surface area contributed by atoms with Crippen LogP contribution in [0.3, 0.4) is 0 Å². The highest BCUT2D eigenvalue weighted by molar-refractivity contribution is 7.99. The van der Waals surface area contributed by atoms with Crippen LogP contribution in [0.5, 0.6) is 0 Å². The molecule has 0 unspecified atom stereocenters. The van der Waals surface area contributed by atoms with E-state index in [0.29, 0.717) is 0 Å². The van der Waals surface area contributed by atoms with E-state index in [4.69, 9.17) is 19.8 Å². The number of likely N-dealkylation sites (N-methyl/N-ethyl adjacent to an activating group) is 1. The van der Waals surface area contributed by atoms with Crippen LogP contribution in [0, 0.1) is 0 Å². The molecular formula is C24H29NO5S. The van der Waals surface area contributed by atoms with Gasteiger partial charge in [0.15, 0.2) is 0 Å². The van der Waals surface area contributed by atoms with Crippen molar-refractivity contribution in [2.45, 2.75) is 24.2 Å². The van der Waals surface area contributed by atoms with Crippen molar-refractivity contribution in [2.24, 2.45) is 0 Å². The molecule has 0 bridgehead atoms. The fraction of sp³-hybridized carbons (Fsp3) is 0.250. The first kappa shape index (κ1) is 26.2. The third-order valence-corrected chi connectivity index (χ3v) is 5.70. The summed E-state index contributed by atoms with van der Waals surface area (Å²) in [4.78, 5) is 19.6. The monoisotopic (exact) mass is 443 g/mol. The molecule has 31 heavy (non-hydrogen) atoms. The molecule has 7 heteroatoms. The summed E-state index contributed by atoms with van der Waals surface area (Å²) in [6, 6.07) is 24.1. The Morgan fingerprint density at radius 2 is 1.42 bits per heavy atom. The molecule has 0 heterocycles. The Labute approximate surface area is 186 Å². The number of hydrogen-bond donors (Lipinski definition) is 3. The SMILES string of the molecule is CNCCc1ccccc1CCCSc1cccc2ccccc12.O.O=C(O)C(=O)O. The van der Waals surface area contributed by atoms with Gasteiger partial charge in [0.25, 0.3) is 0 Å². The second-order valence-corrected chi connectivity index (χ2v) is 7.80. The van der Waals surface area contributed by atoms with E-state index in [2.05, 4.69) is 72.0 Å². The van der Waals surface area contributed by atoms with E-state index in [1.165, 1.54) is 33.2 Å². The first-order chi connectivity index (χ1) is 14.5. The molecule has 3 rings (SSSR count). The molecule has 0 fully saturated rings. The number of hydrogen-bond acceptors (Lipinski definition) is 4.